The molecule has 0 heterocycles. The summed E-state index contributed by atoms with van der Waals surface area (Å²) >= 11 is 0. The summed E-state index contributed by atoms with van der Waals surface area (Å²) in [7, 11) is 1.54. The van der Waals surface area contributed by atoms with Crippen LogP contribution in [-0.2, 0) is 18.4 Å². The fourth-order valence-corrected chi connectivity index (χ4v) is 8.12. The first kappa shape index (κ1) is 60.5. The first-order valence-electron chi connectivity index (χ1n) is 26.0. The molecule has 0 aliphatic carbocycles. The van der Waals surface area contributed by atoms with Crippen LogP contribution in [0.3, 0.4) is 0 Å². The maximum Gasteiger partial charge on any atom is 0.472 e. The lowest BCUT2D eigenvalue weighted by Gasteiger charge is -2.25. The van der Waals surface area contributed by atoms with Crippen LogP contribution in [0.25, 0.3) is 0 Å². The van der Waals surface area contributed by atoms with E-state index >= 15 is 0 Å². The van der Waals surface area contributed by atoms with Gasteiger partial charge in [0, 0.05) is 6.42 Å². The number of nitrogens with one attached hydrogen (secondary N) is 1. The molecule has 3 unspecified atom stereocenters. The van der Waals surface area contributed by atoms with Crippen molar-refractivity contribution in [2.24, 2.45) is 0 Å². The van der Waals surface area contributed by atoms with Crippen LogP contribution in [0, 0.1) is 0 Å². The zero-order chi connectivity index (χ0) is 45.7. The van der Waals surface area contributed by atoms with Gasteiger partial charge in [-0.3, -0.25) is 13.8 Å². The van der Waals surface area contributed by atoms with Crippen LogP contribution in [0.5, 0.6) is 0 Å². The summed E-state index contributed by atoms with van der Waals surface area (Å²) in [4.78, 5) is 23.2. The number of hydrogen-bond donors (Lipinski definition) is 3. The van der Waals surface area contributed by atoms with Crippen molar-refractivity contribution < 1.29 is 32.9 Å². The normalized spacial score (nSPS) is 14.5. The number of hydrogen-bond acceptors (Lipinski definition) is 5. The lowest BCUT2D eigenvalue weighted by molar-refractivity contribution is -0.870. The van der Waals surface area contributed by atoms with Crippen LogP contribution >= 0.6 is 7.82 Å². The Morgan fingerprint density at radius 1 is 0.548 bits per heavy atom. The first-order chi connectivity index (χ1) is 30.0. The average molecular weight is 894 g/mol. The van der Waals surface area contributed by atoms with Gasteiger partial charge in [0.05, 0.1) is 39.9 Å². The fraction of sp³-hybridized carbons (Fsp3) is 0.830. The highest BCUT2D eigenvalue weighted by Crippen LogP contribution is 2.43. The van der Waals surface area contributed by atoms with Crippen LogP contribution < -0.4 is 5.32 Å². The molecule has 0 saturated heterocycles. The molecule has 0 aliphatic heterocycles. The molecular formula is C53H102N2O6P+. The third-order valence-electron chi connectivity index (χ3n) is 11.5. The number of phosphoric ester groups is 1. The number of rotatable bonds is 47. The Labute approximate surface area is 384 Å². The summed E-state index contributed by atoms with van der Waals surface area (Å²) in [6.45, 7) is 4.78. The largest absolute Gasteiger partial charge is 0.472 e. The van der Waals surface area contributed by atoms with E-state index in [9.17, 15) is 19.4 Å². The van der Waals surface area contributed by atoms with Gasteiger partial charge in [0.2, 0.25) is 5.91 Å². The van der Waals surface area contributed by atoms with E-state index < -0.39 is 20.0 Å². The average Bonchev–Trinajstić information content (AvgIpc) is 3.23. The number of aliphatic hydroxyl groups excluding tert-OH is 1. The van der Waals surface area contributed by atoms with E-state index in [1.165, 1.54) is 148 Å². The Hall–Kier alpha value is -1.54. The lowest BCUT2D eigenvalue weighted by atomic mass is 10.0. The molecule has 0 aromatic rings. The van der Waals surface area contributed by atoms with E-state index in [-0.39, 0.29) is 19.1 Å². The molecule has 364 valence electrons. The predicted molar refractivity (Wildman–Crippen MR) is 267 cm³/mol. The van der Waals surface area contributed by atoms with Crippen molar-refractivity contribution >= 4 is 13.7 Å². The monoisotopic (exact) mass is 894 g/mol. The molecule has 8 nitrogen and oxygen atoms in total. The number of carbonyl (C=O) groups is 1. The number of quaternary nitrogens is 1. The van der Waals surface area contributed by atoms with Crippen molar-refractivity contribution in [1.29, 1.82) is 0 Å². The molecule has 62 heavy (non-hydrogen) atoms. The summed E-state index contributed by atoms with van der Waals surface area (Å²) in [6, 6.07) is -0.871. The van der Waals surface area contributed by atoms with Gasteiger partial charge in [0.15, 0.2) is 0 Å². The molecule has 1 amide bonds. The van der Waals surface area contributed by atoms with Crippen LogP contribution in [0.4, 0.5) is 0 Å². The number of likely N-dealkylation sites (N-methyl/N-ethyl adjacent to an activating group) is 1. The van der Waals surface area contributed by atoms with Gasteiger partial charge in [-0.25, -0.2) is 4.57 Å². The van der Waals surface area contributed by atoms with Crippen LogP contribution in [0.1, 0.15) is 232 Å². The standard InChI is InChI=1S/C53H101N2O6P/c1-6-8-10-12-14-16-18-20-22-24-25-26-27-28-29-30-31-32-34-36-38-40-42-44-46-52(56)51(50-61-62(58,59)60-49-48-55(3,4)5)54-53(57)47-45-43-41-39-37-35-33-23-21-19-17-15-13-11-9-7-2/h17,19,23,33,36,38,44,46,51-52,56H,6-16,18,20-22,24-32,34-35,37,39-43,45,47-50H2,1-5H3,(H-,54,57,58,59)/p+1/b19-17-,33-23-,38-36+,46-44+. The van der Waals surface area contributed by atoms with E-state index in [0.29, 0.717) is 17.4 Å². The summed E-state index contributed by atoms with van der Waals surface area (Å²) in [5, 5.41) is 13.9. The molecular weight excluding hydrogens is 792 g/mol. The van der Waals surface area contributed by atoms with Crippen molar-refractivity contribution in [3.05, 3.63) is 48.6 Å². The number of allylic oxidation sites excluding steroid dienone is 7. The van der Waals surface area contributed by atoms with E-state index in [4.69, 9.17) is 9.05 Å². The van der Waals surface area contributed by atoms with E-state index in [1.807, 2.05) is 27.2 Å². The number of aliphatic hydroxyl groups is 1. The Morgan fingerprint density at radius 2 is 0.935 bits per heavy atom. The van der Waals surface area contributed by atoms with Crippen molar-refractivity contribution in [1.82, 2.24) is 5.32 Å². The van der Waals surface area contributed by atoms with Gasteiger partial charge in [-0.05, 0) is 64.2 Å². The van der Waals surface area contributed by atoms with Crippen LogP contribution in [-0.4, -0.2) is 73.4 Å². The molecule has 0 aliphatic rings. The highest BCUT2D eigenvalue weighted by atomic mass is 31.2. The Kier molecular flexibility index (Phi) is 43.5. The van der Waals surface area contributed by atoms with Gasteiger partial charge in [-0.1, -0.05) is 210 Å². The molecule has 0 spiro atoms. The predicted octanol–water partition coefficient (Wildman–Crippen LogP) is 15.2. The summed E-state index contributed by atoms with van der Waals surface area (Å²) in [6.07, 6.45) is 57.7. The van der Waals surface area contributed by atoms with E-state index in [1.54, 1.807) is 6.08 Å². The molecule has 3 N–H and O–H groups in total. The Balaban J connectivity index is 4.34. The third kappa shape index (κ3) is 46.5. The van der Waals surface area contributed by atoms with Crippen molar-refractivity contribution in [3.8, 4) is 0 Å². The molecule has 0 saturated carbocycles. The third-order valence-corrected chi connectivity index (χ3v) is 12.5. The van der Waals surface area contributed by atoms with Gasteiger partial charge in [-0.2, -0.15) is 0 Å². The number of nitrogens with zero attached hydrogens (tertiary/aromatic N) is 1. The topological polar surface area (TPSA) is 105 Å². The second-order valence-electron chi connectivity index (χ2n) is 18.9. The van der Waals surface area contributed by atoms with Crippen molar-refractivity contribution in [2.75, 3.05) is 40.9 Å². The maximum absolute atomic E-state index is 12.9. The highest BCUT2D eigenvalue weighted by Gasteiger charge is 2.27. The quantitative estimate of drug-likeness (QED) is 0.0243. The number of phosphoric acid groups is 1. The summed E-state index contributed by atoms with van der Waals surface area (Å²) in [5.74, 6) is -0.200. The Bertz CT molecular complexity index is 1150. The van der Waals surface area contributed by atoms with E-state index in [2.05, 4.69) is 55.6 Å². The molecule has 3 atom stereocenters. The molecule has 0 fully saturated rings. The minimum atomic E-state index is -4.36. The van der Waals surface area contributed by atoms with Gasteiger partial charge in [0.1, 0.15) is 13.2 Å². The zero-order valence-electron chi connectivity index (χ0n) is 41.4. The van der Waals surface area contributed by atoms with E-state index in [0.717, 1.165) is 64.2 Å². The second kappa shape index (κ2) is 44.7. The number of carbonyl (C=O) groups excluding carboxylic acids is 1. The highest BCUT2D eigenvalue weighted by molar-refractivity contribution is 7.47. The van der Waals surface area contributed by atoms with Crippen molar-refractivity contribution in [3.63, 3.8) is 0 Å². The maximum atomic E-state index is 12.9. The van der Waals surface area contributed by atoms with Gasteiger partial charge < -0.3 is 19.8 Å². The first-order valence-corrected chi connectivity index (χ1v) is 27.5. The minimum absolute atomic E-state index is 0.0523. The van der Waals surface area contributed by atoms with Gasteiger partial charge in [0.25, 0.3) is 0 Å². The molecule has 0 bridgehead atoms. The van der Waals surface area contributed by atoms with Crippen molar-refractivity contribution in [2.45, 2.75) is 244 Å². The lowest BCUT2D eigenvalue weighted by Crippen LogP contribution is -2.45. The number of unbranched alkanes of at least 4 members (excludes halogenated alkanes) is 28. The number of amides is 1. The second-order valence-corrected chi connectivity index (χ2v) is 20.3. The minimum Gasteiger partial charge on any atom is -0.387 e. The summed E-state index contributed by atoms with van der Waals surface area (Å²) in [5.41, 5.74) is 0. The zero-order valence-corrected chi connectivity index (χ0v) is 42.3. The molecule has 0 rings (SSSR count). The van der Waals surface area contributed by atoms with Gasteiger partial charge in [-0.15, -0.1) is 0 Å². The molecule has 0 aromatic heterocycles. The smallest absolute Gasteiger partial charge is 0.387 e. The molecule has 0 radical (unpaired) electrons. The van der Waals surface area contributed by atoms with Gasteiger partial charge >= 0.3 is 7.82 Å². The SMILES string of the molecule is CCCCCC/C=C\C/C=C\CCCCCCCC(=O)NC(COP(=O)(O)OCC[N+](C)(C)C)C(O)/C=C/CC/C=C/CCCCCCCCCCCCCCCCCCCC. The fourth-order valence-electron chi connectivity index (χ4n) is 7.38. The molecule has 9 heteroatoms. The molecule has 0 aromatic carbocycles. The Morgan fingerprint density at radius 3 is 1.40 bits per heavy atom. The van der Waals surface area contributed by atoms with Crippen LogP contribution in [0.15, 0.2) is 48.6 Å². The summed E-state index contributed by atoms with van der Waals surface area (Å²) < 4.78 is 23.6. The van der Waals surface area contributed by atoms with Crippen LogP contribution in [0.2, 0.25) is 0 Å².